The van der Waals surface area contributed by atoms with Crippen molar-refractivity contribution >= 4 is 29.4 Å². The van der Waals surface area contributed by atoms with E-state index in [0.29, 0.717) is 12.1 Å². The molecule has 1 aliphatic carbocycles. The summed E-state index contributed by atoms with van der Waals surface area (Å²) in [5.41, 5.74) is 1.70. The second-order valence-electron chi connectivity index (χ2n) is 9.05. The van der Waals surface area contributed by atoms with Gasteiger partial charge in [-0.2, -0.15) is 0 Å². The Morgan fingerprint density at radius 3 is 2.24 bits per heavy atom. The van der Waals surface area contributed by atoms with Crippen LogP contribution in [0.5, 0.6) is 0 Å². The summed E-state index contributed by atoms with van der Waals surface area (Å²) in [5.74, 6) is -2.11. The number of carbonyl (C=O) groups excluding carboxylic acids is 4. The highest BCUT2D eigenvalue weighted by atomic mass is 16.2. The summed E-state index contributed by atoms with van der Waals surface area (Å²) < 4.78 is 0. The summed E-state index contributed by atoms with van der Waals surface area (Å²) in [6.07, 6.45) is 3.60. The largest absolute Gasteiger partial charge is 0.334 e. The van der Waals surface area contributed by atoms with E-state index in [4.69, 9.17) is 0 Å². The number of nitrogens with zero attached hydrogens (tertiary/aromatic N) is 2. The van der Waals surface area contributed by atoms with Gasteiger partial charge >= 0.3 is 17.8 Å². The highest BCUT2D eigenvalue weighted by Crippen LogP contribution is 2.31. The number of benzene rings is 1. The summed E-state index contributed by atoms with van der Waals surface area (Å²) >= 11 is 0. The third-order valence-electron chi connectivity index (χ3n) is 5.82. The van der Waals surface area contributed by atoms with Crippen molar-refractivity contribution in [3.05, 3.63) is 29.8 Å². The lowest BCUT2D eigenvalue weighted by molar-refractivity contribution is -0.145. The molecule has 5 amide bonds. The van der Waals surface area contributed by atoms with E-state index in [1.54, 1.807) is 12.1 Å². The first-order valence-corrected chi connectivity index (χ1v) is 10.2. The van der Waals surface area contributed by atoms with Gasteiger partial charge in [0.15, 0.2) is 0 Å². The first-order chi connectivity index (χ1) is 13.6. The number of hydrogen-bond donors (Lipinski definition) is 1. The van der Waals surface area contributed by atoms with Crippen LogP contribution in [0.2, 0.25) is 0 Å². The van der Waals surface area contributed by atoms with Crippen molar-refractivity contribution in [2.45, 2.75) is 64.8 Å². The predicted octanol–water partition coefficient (Wildman–Crippen LogP) is 3.29. The van der Waals surface area contributed by atoms with E-state index < -0.39 is 30.3 Å². The highest BCUT2D eigenvalue weighted by molar-refractivity contribution is 6.45. The standard InChI is InChI=1S/C22H29N3O4/c1-14-7-5-6-8-17(14)25-20(28)19(27)24(21(25)29)13-18(26)23-16-11-9-15(10-12-16)22(2,3)4/h9-12,14,17H,5-8,13H2,1-4H3,(H,23,26)/t14-,17-/m1/s1. The van der Waals surface area contributed by atoms with Crippen molar-refractivity contribution in [3.63, 3.8) is 0 Å². The normalized spacial score (nSPS) is 23.0. The maximum atomic E-state index is 12.7. The first kappa shape index (κ1) is 21.0. The summed E-state index contributed by atoms with van der Waals surface area (Å²) in [4.78, 5) is 51.7. The molecule has 0 spiro atoms. The molecule has 1 N–H and O–H groups in total. The quantitative estimate of drug-likeness (QED) is 0.622. The van der Waals surface area contributed by atoms with E-state index >= 15 is 0 Å². The number of carbonyl (C=O) groups is 4. The van der Waals surface area contributed by atoms with Crippen LogP contribution in [0.25, 0.3) is 0 Å². The highest BCUT2D eigenvalue weighted by Gasteiger charge is 2.49. The molecule has 7 nitrogen and oxygen atoms in total. The Morgan fingerprint density at radius 1 is 1.03 bits per heavy atom. The van der Waals surface area contributed by atoms with Gasteiger partial charge in [-0.1, -0.05) is 52.7 Å². The maximum Gasteiger partial charge on any atom is 0.334 e. The molecule has 1 saturated heterocycles. The fourth-order valence-corrected chi connectivity index (χ4v) is 4.03. The van der Waals surface area contributed by atoms with Crippen LogP contribution in [-0.4, -0.2) is 46.1 Å². The number of rotatable bonds is 4. The van der Waals surface area contributed by atoms with Crippen molar-refractivity contribution < 1.29 is 19.2 Å². The molecular weight excluding hydrogens is 370 g/mol. The van der Waals surface area contributed by atoms with E-state index in [1.165, 1.54) is 0 Å². The van der Waals surface area contributed by atoms with E-state index in [1.807, 2.05) is 19.1 Å². The second-order valence-corrected chi connectivity index (χ2v) is 9.05. The molecular formula is C22H29N3O4. The van der Waals surface area contributed by atoms with Crippen LogP contribution in [0.1, 0.15) is 58.9 Å². The van der Waals surface area contributed by atoms with Gasteiger partial charge in [-0.15, -0.1) is 0 Å². The Labute approximate surface area is 171 Å². The third kappa shape index (κ3) is 4.33. The topological polar surface area (TPSA) is 86.8 Å². The molecule has 1 aromatic carbocycles. The zero-order valence-electron chi connectivity index (χ0n) is 17.5. The molecule has 0 aromatic heterocycles. The van der Waals surface area contributed by atoms with E-state index in [9.17, 15) is 19.2 Å². The van der Waals surface area contributed by atoms with Crippen LogP contribution in [0, 0.1) is 5.92 Å². The van der Waals surface area contributed by atoms with Crippen LogP contribution < -0.4 is 5.32 Å². The van der Waals surface area contributed by atoms with Crippen LogP contribution in [-0.2, 0) is 19.8 Å². The van der Waals surface area contributed by atoms with Gasteiger partial charge in [-0.25, -0.2) is 9.69 Å². The number of urea groups is 1. The van der Waals surface area contributed by atoms with Gasteiger partial charge in [0.25, 0.3) is 0 Å². The minimum Gasteiger partial charge on any atom is -0.325 e. The van der Waals surface area contributed by atoms with E-state index in [-0.39, 0.29) is 17.4 Å². The second kappa shape index (κ2) is 7.97. The summed E-state index contributed by atoms with van der Waals surface area (Å²) in [6, 6.07) is 6.47. The van der Waals surface area contributed by atoms with Gasteiger partial charge in [0.05, 0.1) is 0 Å². The lowest BCUT2D eigenvalue weighted by atomic mass is 9.85. The van der Waals surface area contributed by atoms with E-state index in [2.05, 4.69) is 26.1 Å². The Morgan fingerprint density at radius 2 is 1.66 bits per heavy atom. The molecule has 2 atom stereocenters. The molecule has 0 unspecified atom stereocenters. The summed E-state index contributed by atoms with van der Waals surface area (Å²) in [7, 11) is 0. The molecule has 1 aliphatic heterocycles. The smallest absolute Gasteiger partial charge is 0.325 e. The number of anilines is 1. The van der Waals surface area contributed by atoms with Crippen molar-refractivity contribution in [2.24, 2.45) is 5.92 Å². The van der Waals surface area contributed by atoms with Crippen molar-refractivity contribution in [1.29, 1.82) is 0 Å². The minimum atomic E-state index is -0.925. The molecule has 156 valence electrons. The maximum absolute atomic E-state index is 12.7. The lowest BCUT2D eigenvalue weighted by Gasteiger charge is -2.34. The first-order valence-electron chi connectivity index (χ1n) is 10.2. The number of hydrogen-bond acceptors (Lipinski definition) is 4. The lowest BCUT2D eigenvalue weighted by Crippen LogP contribution is -2.46. The van der Waals surface area contributed by atoms with Crippen LogP contribution in [0.3, 0.4) is 0 Å². The van der Waals surface area contributed by atoms with Gasteiger partial charge in [0.1, 0.15) is 6.54 Å². The number of amides is 5. The molecule has 2 aliphatic rings. The Balaban J connectivity index is 1.66. The SMILES string of the molecule is C[C@@H]1CCCC[C@H]1N1C(=O)C(=O)N(CC(=O)Nc2ccc(C(C)(C)C)cc2)C1=O. The molecule has 0 radical (unpaired) electrons. The molecule has 2 fully saturated rings. The van der Waals surface area contributed by atoms with Gasteiger partial charge < -0.3 is 5.32 Å². The van der Waals surface area contributed by atoms with Crippen LogP contribution >= 0.6 is 0 Å². The molecule has 1 heterocycles. The Kier molecular flexibility index (Phi) is 5.78. The molecule has 7 heteroatoms. The fraction of sp³-hybridized carbons (Fsp3) is 0.545. The van der Waals surface area contributed by atoms with E-state index in [0.717, 1.165) is 34.6 Å². The fourth-order valence-electron chi connectivity index (χ4n) is 4.03. The average Bonchev–Trinajstić information content (AvgIpc) is 2.85. The number of imide groups is 2. The van der Waals surface area contributed by atoms with Gasteiger partial charge in [0, 0.05) is 11.7 Å². The molecule has 1 saturated carbocycles. The Hall–Kier alpha value is -2.70. The van der Waals surface area contributed by atoms with Crippen molar-refractivity contribution in [2.75, 3.05) is 11.9 Å². The van der Waals surface area contributed by atoms with Crippen molar-refractivity contribution in [3.8, 4) is 0 Å². The summed E-state index contributed by atoms with van der Waals surface area (Å²) in [6.45, 7) is 7.82. The van der Waals surface area contributed by atoms with Gasteiger partial charge in [0.2, 0.25) is 5.91 Å². The van der Waals surface area contributed by atoms with Gasteiger partial charge in [-0.3, -0.25) is 19.3 Å². The molecule has 0 bridgehead atoms. The van der Waals surface area contributed by atoms with Crippen LogP contribution in [0.4, 0.5) is 10.5 Å². The predicted molar refractivity (Wildman–Crippen MR) is 109 cm³/mol. The summed E-state index contributed by atoms with van der Waals surface area (Å²) in [5, 5.41) is 2.69. The molecule has 1 aromatic rings. The number of nitrogens with one attached hydrogen (secondary N) is 1. The molecule has 29 heavy (non-hydrogen) atoms. The third-order valence-corrected chi connectivity index (χ3v) is 5.82. The minimum absolute atomic E-state index is 0.00297. The van der Waals surface area contributed by atoms with Gasteiger partial charge in [-0.05, 0) is 41.9 Å². The average molecular weight is 399 g/mol. The molecule has 3 rings (SSSR count). The zero-order chi connectivity index (χ0) is 21.3. The zero-order valence-corrected chi connectivity index (χ0v) is 17.5. The van der Waals surface area contributed by atoms with Crippen LogP contribution in [0.15, 0.2) is 24.3 Å². The Bertz CT molecular complexity index is 825. The monoisotopic (exact) mass is 399 g/mol. The van der Waals surface area contributed by atoms with Crippen molar-refractivity contribution in [1.82, 2.24) is 9.80 Å².